The summed E-state index contributed by atoms with van der Waals surface area (Å²) in [6, 6.07) is 8.42. The van der Waals surface area contributed by atoms with Crippen molar-refractivity contribution in [1.29, 1.82) is 0 Å². The van der Waals surface area contributed by atoms with Gasteiger partial charge in [-0.15, -0.1) is 0 Å². The van der Waals surface area contributed by atoms with Crippen LogP contribution >= 0.6 is 0 Å². The van der Waals surface area contributed by atoms with E-state index in [1.807, 2.05) is 6.08 Å². The van der Waals surface area contributed by atoms with Crippen LogP contribution in [0.5, 0.6) is 0 Å². The van der Waals surface area contributed by atoms with Crippen LogP contribution in [0.1, 0.15) is 57.1 Å². The van der Waals surface area contributed by atoms with Crippen molar-refractivity contribution in [2.45, 2.75) is 58.7 Å². The zero-order valence-corrected chi connectivity index (χ0v) is 11.8. The zero-order chi connectivity index (χ0) is 13.2. The highest BCUT2D eigenvalue weighted by atomic mass is 16.5. The van der Waals surface area contributed by atoms with E-state index < -0.39 is 0 Å². The van der Waals surface area contributed by atoms with Gasteiger partial charge in [-0.3, -0.25) is 0 Å². The molecule has 0 amide bonds. The van der Waals surface area contributed by atoms with E-state index in [1.54, 1.807) is 0 Å². The molecule has 0 fully saturated rings. The molecule has 1 nitrogen and oxygen atoms in total. The van der Waals surface area contributed by atoms with Gasteiger partial charge in [0.05, 0.1) is 12.7 Å². The molecule has 0 bridgehead atoms. The predicted molar refractivity (Wildman–Crippen MR) is 79.5 cm³/mol. The molecule has 0 saturated heterocycles. The molecule has 1 atom stereocenters. The second kappa shape index (κ2) is 8.93. The quantitative estimate of drug-likeness (QED) is 0.544. The van der Waals surface area contributed by atoms with E-state index >= 15 is 0 Å². The van der Waals surface area contributed by atoms with E-state index in [1.165, 1.54) is 31.2 Å². The summed E-state index contributed by atoms with van der Waals surface area (Å²) in [5.41, 5.74) is 2.41. The Labute approximate surface area is 112 Å². The Morgan fingerprint density at radius 2 is 1.89 bits per heavy atom. The molecule has 1 rings (SSSR count). The van der Waals surface area contributed by atoms with Crippen molar-refractivity contribution in [3.05, 3.63) is 42.0 Å². The first-order chi connectivity index (χ1) is 8.80. The molecule has 0 radical (unpaired) electrons. The summed E-state index contributed by atoms with van der Waals surface area (Å²) in [6.07, 6.45) is 8.45. The largest absolute Gasteiger partial charge is 0.374 e. The van der Waals surface area contributed by atoms with E-state index in [4.69, 9.17) is 4.74 Å². The van der Waals surface area contributed by atoms with Gasteiger partial charge in [0, 0.05) is 0 Å². The SMILES string of the molecule is C=Cc1ccc(COC(CC)CCCCC)cc1. The van der Waals surface area contributed by atoms with Gasteiger partial charge in [-0.1, -0.05) is 70.0 Å². The maximum atomic E-state index is 5.97. The number of rotatable bonds is 9. The molecule has 1 heteroatoms. The maximum absolute atomic E-state index is 5.97. The Morgan fingerprint density at radius 3 is 2.44 bits per heavy atom. The van der Waals surface area contributed by atoms with E-state index in [0.717, 1.165) is 18.6 Å². The van der Waals surface area contributed by atoms with Crippen molar-refractivity contribution in [1.82, 2.24) is 0 Å². The third-order valence-electron chi connectivity index (χ3n) is 3.29. The lowest BCUT2D eigenvalue weighted by Crippen LogP contribution is -2.11. The minimum atomic E-state index is 0.413. The van der Waals surface area contributed by atoms with Crippen LogP contribution in [-0.2, 0) is 11.3 Å². The molecular formula is C17H26O. The number of ether oxygens (including phenoxy) is 1. The van der Waals surface area contributed by atoms with Crippen LogP contribution in [0, 0.1) is 0 Å². The summed E-state index contributed by atoms with van der Waals surface area (Å²) >= 11 is 0. The van der Waals surface area contributed by atoms with Crippen molar-refractivity contribution < 1.29 is 4.74 Å². The van der Waals surface area contributed by atoms with E-state index in [2.05, 4.69) is 44.7 Å². The standard InChI is InChI=1S/C17H26O/c1-4-7-8-9-17(6-3)18-14-16-12-10-15(5-2)11-13-16/h5,10-13,17H,2,4,6-9,14H2,1,3H3. The molecule has 1 aromatic rings. The summed E-state index contributed by atoms with van der Waals surface area (Å²) in [6.45, 7) is 8.93. The Morgan fingerprint density at radius 1 is 1.17 bits per heavy atom. The molecular weight excluding hydrogens is 220 g/mol. The lowest BCUT2D eigenvalue weighted by atomic mass is 10.1. The number of benzene rings is 1. The summed E-state index contributed by atoms with van der Waals surface area (Å²) in [5.74, 6) is 0. The number of unbranched alkanes of at least 4 members (excludes halogenated alkanes) is 2. The van der Waals surface area contributed by atoms with Crippen LogP contribution in [0.4, 0.5) is 0 Å². The Hall–Kier alpha value is -1.08. The smallest absolute Gasteiger partial charge is 0.0720 e. The molecule has 0 saturated carbocycles. The van der Waals surface area contributed by atoms with Crippen LogP contribution in [0.15, 0.2) is 30.8 Å². The fourth-order valence-corrected chi connectivity index (χ4v) is 1.99. The van der Waals surface area contributed by atoms with Crippen molar-refractivity contribution in [3.8, 4) is 0 Å². The summed E-state index contributed by atoms with van der Waals surface area (Å²) in [5, 5.41) is 0. The first-order valence-electron chi connectivity index (χ1n) is 7.13. The summed E-state index contributed by atoms with van der Waals surface area (Å²) < 4.78 is 5.97. The van der Waals surface area contributed by atoms with Crippen LogP contribution in [0.2, 0.25) is 0 Å². The molecule has 0 aromatic heterocycles. The van der Waals surface area contributed by atoms with Crippen molar-refractivity contribution in [2.24, 2.45) is 0 Å². The third kappa shape index (κ3) is 5.50. The van der Waals surface area contributed by atoms with Gasteiger partial charge in [0.1, 0.15) is 0 Å². The molecule has 18 heavy (non-hydrogen) atoms. The summed E-state index contributed by atoms with van der Waals surface area (Å²) in [7, 11) is 0. The third-order valence-corrected chi connectivity index (χ3v) is 3.29. The van der Waals surface area contributed by atoms with Crippen molar-refractivity contribution >= 4 is 6.08 Å². The molecule has 0 N–H and O–H groups in total. The van der Waals surface area contributed by atoms with Gasteiger partial charge in [-0.2, -0.15) is 0 Å². The van der Waals surface area contributed by atoms with E-state index in [9.17, 15) is 0 Å². The van der Waals surface area contributed by atoms with Gasteiger partial charge in [0.2, 0.25) is 0 Å². The molecule has 1 aromatic carbocycles. The van der Waals surface area contributed by atoms with Gasteiger partial charge in [-0.05, 0) is 24.0 Å². The topological polar surface area (TPSA) is 9.23 Å². The molecule has 1 unspecified atom stereocenters. The van der Waals surface area contributed by atoms with Crippen molar-refractivity contribution in [3.63, 3.8) is 0 Å². The fraction of sp³-hybridized carbons (Fsp3) is 0.529. The lowest BCUT2D eigenvalue weighted by molar-refractivity contribution is 0.0310. The first-order valence-corrected chi connectivity index (χ1v) is 7.13. The average molecular weight is 246 g/mol. The van der Waals surface area contributed by atoms with Crippen LogP contribution in [0.25, 0.3) is 6.08 Å². The highest BCUT2D eigenvalue weighted by molar-refractivity contribution is 5.47. The van der Waals surface area contributed by atoms with Crippen LogP contribution in [0.3, 0.4) is 0 Å². The lowest BCUT2D eigenvalue weighted by Gasteiger charge is -2.16. The van der Waals surface area contributed by atoms with Gasteiger partial charge < -0.3 is 4.74 Å². The highest BCUT2D eigenvalue weighted by Gasteiger charge is 2.06. The number of hydrogen-bond acceptors (Lipinski definition) is 1. The molecule has 0 heterocycles. The normalized spacial score (nSPS) is 12.3. The minimum Gasteiger partial charge on any atom is -0.374 e. The number of hydrogen-bond donors (Lipinski definition) is 0. The summed E-state index contributed by atoms with van der Waals surface area (Å²) in [4.78, 5) is 0. The predicted octanol–water partition coefficient (Wildman–Crippen LogP) is 5.21. The first kappa shape index (κ1) is 15.0. The maximum Gasteiger partial charge on any atom is 0.0720 e. The van der Waals surface area contributed by atoms with Gasteiger partial charge in [0.15, 0.2) is 0 Å². The van der Waals surface area contributed by atoms with Gasteiger partial charge in [-0.25, -0.2) is 0 Å². The van der Waals surface area contributed by atoms with Crippen LogP contribution < -0.4 is 0 Å². The van der Waals surface area contributed by atoms with E-state index in [-0.39, 0.29) is 0 Å². The molecule has 0 spiro atoms. The second-order valence-corrected chi connectivity index (χ2v) is 4.78. The average Bonchev–Trinajstić information content (AvgIpc) is 2.43. The monoisotopic (exact) mass is 246 g/mol. The Kier molecular flexibility index (Phi) is 7.43. The zero-order valence-electron chi connectivity index (χ0n) is 11.8. The molecule has 0 aliphatic heterocycles. The van der Waals surface area contributed by atoms with Crippen molar-refractivity contribution in [2.75, 3.05) is 0 Å². The molecule has 0 aliphatic carbocycles. The molecule has 100 valence electrons. The second-order valence-electron chi connectivity index (χ2n) is 4.78. The fourth-order valence-electron chi connectivity index (χ4n) is 1.99. The highest BCUT2D eigenvalue weighted by Crippen LogP contribution is 2.13. The van der Waals surface area contributed by atoms with E-state index in [0.29, 0.717) is 6.10 Å². The Bertz CT molecular complexity index is 326. The van der Waals surface area contributed by atoms with Crippen LogP contribution in [-0.4, -0.2) is 6.10 Å². The minimum absolute atomic E-state index is 0.413. The van der Waals surface area contributed by atoms with Gasteiger partial charge >= 0.3 is 0 Å². The van der Waals surface area contributed by atoms with Gasteiger partial charge in [0.25, 0.3) is 0 Å². The molecule has 0 aliphatic rings. The Balaban J connectivity index is 2.34.